The number of hydrogen-bond acceptors (Lipinski definition) is 3. The summed E-state index contributed by atoms with van der Waals surface area (Å²) in [5, 5.41) is 11.3. The number of rotatable bonds is 7. The third-order valence-corrected chi connectivity index (χ3v) is 2.27. The van der Waals surface area contributed by atoms with Crippen LogP contribution in [0.4, 0.5) is 0 Å². The van der Waals surface area contributed by atoms with Crippen LogP contribution in [0.2, 0.25) is 0 Å². The van der Waals surface area contributed by atoms with Crippen molar-refractivity contribution in [2.24, 2.45) is 0 Å². The molecule has 0 aromatic heterocycles. The normalized spacial score (nSPS) is 10.2. The van der Waals surface area contributed by atoms with E-state index < -0.39 is 0 Å². The van der Waals surface area contributed by atoms with E-state index in [1.54, 1.807) is 6.07 Å². The highest BCUT2D eigenvalue weighted by molar-refractivity contribution is 5.94. The van der Waals surface area contributed by atoms with Crippen LogP contribution in [0.25, 0.3) is 0 Å². The molecule has 0 fully saturated rings. The minimum atomic E-state index is -0.0594. The van der Waals surface area contributed by atoms with Gasteiger partial charge in [0.2, 0.25) is 0 Å². The van der Waals surface area contributed by atoms with Gasteiger partial charge in [0.25, 0.3) is 5.91 Å². The third-order valence-electron chi connectivity index (χ3n) is 2.27. The maximum Gasteiger partial charge on any atom is 0.251 e. The summed E-state index contributed by atoms with van der Waals surface area (Å²) in [5.41, 5.74) is 1.75. The molecular weight excluding hydrogens is 218 g/mol. The van der Waals surface area contributed by atoms with E-state index in [1.807, 2.05) is 25.1 Å². The lowest BCUT2D eigenvalue weighted by Crippen LogP contribution is -2.25. The zero-order valence-corrected chi connectivity index (χ0v) is 10.1. The average molecular weight is 237 g/mol. The van der Waals surface area contributed by atoms with Crippen molar-refractivity contribution in [3.8, 4) is 0 Å². The number of aliphatic hydroxyl groups excluding tert-OH is 1. The van der Waals surface area contributed by atoms with Crippen molar-refractivity contribution in [1.82, 2.24) is 5.32 Å². The fourth-order valence-electron chi connectivity index (χ4n) is 1.43. The zero-order valence-electron chi connectivity index (χ0n) is 10.1. The molecule has 0 bridgehead atoms. The summed E-state index contributed by atoms with van der Waals surface area (Å²) in [4.78, 5) is 11.7. The standard InChI is InChI=1S/C13H19NO3/c1-11-4-2-5-12(10-11)13(16)14-6-3-8-17-9-7-15/h2,4-5,10,15H,3,6-9H2,1H3,(H,14,16). The molecule has 0 spiro atoms. The number of carbonyl (C=O) groups excluding carboxylic acids is 1. The van der Waals surface area contributed by atoms with E-state index in [1.165, 1.54) is 0 Å². The number of ether oxygens (including phenoxy) is 1. The molecule has 94 valence electrons. The van der Waals surface area contributed by atoms with E-state index >= 15 is 0 Å². The molecule has 4 heteroatoms. The predicted octanol–water partition coefficient (Wildman–Crippen LogP) is 1.12. The van der Waals surface area contributed by atoms with Crippen molar-refractivity contribution < 1.29 is 14.6 Å². The first-order chi connectivity index (χ1) is 8.24. The van der Waals surface area contributed by atoms with Gasteiger partial charge < -0.3 is 15.2 Å². The number of aliphatic hydroxyl groups is 1. The van der Waals surface area contributed by atoms with Crippen LogP contribution in [-0.4, -0.2) is 37.4 Å². The summed E-state index contributed by atoms with van der Waals surface area (Å²) in [6.07, 6.45) is 0.748. The Morgan fingerprint density at radius 2 is 2.24 bits per heavy atom. The molecule has 1 aromatic rings. The zero-order chi connectivity index (χ0) is 12.5. The van der Waals surface area contributed by atoms with Gasteiger partial charge in [-0.3, -0.25) is 4.79 Å². The molecule has 1 aromatic carbocycles. The predicted molar refractivity (Wildman–Crippen MR) is 66.0 cm³/mol. The number of aryl methyl sites for hydroxylation is 1. The molecule has 0 aliphatic rings. The number of nitrogens with one attached hydrogen (secondary N) is 1. The summed E-state index contributed by atoms with van der Waals surface area (Å²) in [5.74, 6) is -0.0594. The highest BCUT2D eigenvalue weighted by Gasteiger charge is 2.03. The van der Waals surface area contributed by atoms with E-state index in [-0.39, 0.29) is 12.5 Å². The van der Waals surface area contributed by atoms with Crippen LogP contribution in [-0.2, 0) is 4.74 Å². The summed E-state index contributed by atoms with van der Waals surface area (Å²) in [6.45, 7) is 3.48. The Hall–Kier alpha value is -1.39. The lowest BCUT2D eigenvalue weighted by atomic mass is 10.1. The minimum absolute atomic E-state index is 0.0374. The lowest BCUT2D eigenvalue weighted by Gasteiger charge is -2.06. The Labute approximate surface area is 102 Å². The van der Waals surface area contributed by atoms with E-state index in [0.717, 1.165) is 12.0 Å². The number of benzene rings is 1. The van der Waals surface area contributed by atoms with Crippen molar-refractivity contribution in [2.75, 3.05) is 26.4 Å². The molecule has 0 saturated heterocycles. The summed E-state index contributed by atoms with van der Waals surface area (Å²) in [7, 11) is 0. The van der Waals surface area contributed by atoms with Gasteiger partial charge in [-0.1, -0.05) is 17.7 Å². The van der Waals surface area contributed by atoms with Crippen LogP contribution < -0.4 is 5.32 Å². The maximum atomic E-state index is 11.7. The Kier molecular flexibility index (Phi) is 6.29. The van der Waals surface area contributed by atoms with Crippen LogP contribution in [0.1, 0.15) is 22.3 Å². The van der Waals surface area contributed by atoms with Crippen LogP contribution in [0, 0.1) is 6.92 Å². The molecule has 0 saturated carbocycles. The first-order valence-electron chi connectivity index (χ1n) is 5.77. The number of amides is 1. The van der Waals surface area contributed by atoms with E-state index in [9.17, 15) is 4.79 Å². The van der Waals surface area contributed by atoms with Gasteiger partial charge in [-0.15, -0.1) is 0 Å². The monoisotopic (exact) mass is 237 g/mol. The van der Waals surface area contributed by atoms with Gasteiger partial charge in [-0.25, -0.2) is 0 Å². The topological polar surface area (TPSA) is 58.6 Å². The fourth-order valence-corrected chi connectivity index (χ4v) is 1.43. The molecule has 0 aliphatic heterocycles. The van der Waals surface area contributed by atoms with Crippen molar-refractivity contribution in [1.29, 1.82) is 0 Å². The van der Waals surface area contributed by atoms with Crippen LogP contribution >= 0.6 is 0 Å². The molecule has 2 N–H and O–H groups in total. The van der Waals surface area contributed by atoms with Gasteiger partial charge >= 0.3 is 0 Å². The second kappa shape index (κ2) is 7.81. The molecule has 0 radical (unpaired) electrons. The highest BCUT2D eigenvalue weighted by atomic mass is 16.5. The second-order valence-electron chi connectivity index (χ2n) is 3.81. The lowest BCUT2D eigenvalue weighted by molar-refractivity contribution is 0.0867. The van der Waals surface area contributed by atoms with Crippen LogP contribution in [0.5, 0.6) is 0 Å². The van der Waals surface area contributed by atoms with Crippen molar-refractivity contribution in [2.45, 2.75) is 13.3 Å². The molecule has 0 unspecified atom stereocenters. The van der Waals surface area contributed by atoms with Gasteiger partial charge in [0.05, 0.1) is 13.2 Å². The molecule has 1 rings (SSSR count). The summed E-state index contributed by atoms with van der Waals surface area (Å²) < 4.78 is 5.09. The van der Waals surface area contributed by atoms with E-state index in [2.05, 4.69) is 5.32 Å². The van der Waals surface area contributed by atoms with Crippen molar-refractivity contribution >= 4 is 5.91 Å². The Bertz CT molecular complexity index is 352. The van der Waals surface area contributed by atoms with Crippen molar-refractivity contribution in [3.05, 3.63) is 35.4 Å². The first kappa shape index (κ1) is 13.7. The number of carbonyl (C=O) groups is 1. The van der Waals surface area contributed by atoms with E-state index in [4.69, 9.17) is 9.84 Å². The second-order valence-corrected chi connectivity index (χ2v) is 3.81. The molecule has 0 aliphatic carbocycles. The van der Waals surface area contributed by atoms with Gasteiger partial charge in [0.15, 0.2) is 0 Å². The smallest absolute Gasteiger partial charge is 0.251 e. The Balaban J connectivity index is 2.21. The fraction of sp³-hybridized carbons (Fsp3) is 0.462. The molecule has 17 heavy (non-hydrogen) atoms. The average Bonchev–Trinajstić information content (AvgIpc) is 2.33. The van der Waals surface area contributed by atoms with Gasteiger partial charge in [0.1, 0.15) is 0 Å². The molecule has 0 heterocycles. The van der Waals surface area contributed by atoms with E-state index in [0.29, 0.717) is 25.3 Å². The SMILES string of the molecule is Cc1cccc(C(=O)NCCCOCCO)c1. The summed E-state index contributed by atoms with van der Waals surface area (Å²) in [6, 6.07) is 7.48. The summed E-state index contributed by atoms with van der Waals surface area (Å²) >= 11 is 0. The van der Waals surface area contributed by atoms with Crippen molar-refractivity contribution in [3.63, 3.8) is 0 Å². The van der Waals surface area contributed by atoms with Gasteiger partial charge in [-0.2, -0.15) is 0 Å². The molecule has 1 amide bonds. The molecule has 0 atom stereocenters. The Morgan fingerprint density at radius 3 is 2.94 bits per heavy atom. The molecule has 4 nitrogen and oxygen atoms in total. The largest absolute Gasteiger partial charge is 0.394 e. The maximum absolute atomic E-state index is 11.7. The first-order valence-corrected chi connectivity index (χ1v) is 5.77. The number of hydrogen-bond donors (Lipinski definition) is 2. The molecular formula is C13H19NO3. The quantitative estimate of drug-likeness (QED) is 0.699. The van der Waals surface area contributed by atoms with Gasteiger partial charge in [0, 0.05) is 18.7 Å². The van der Waals surface area contributed by atoms with Crippen LogP contribution in [0.3, 0.4) is 0 Å². The van der Waals surface area contributed by atoms with Crippen LogP contribution in [0.15, 0.2) is 24.3 Å². The highest BCUT2D eigenvalue weighted by Crippen LogP contribution is 2.03. The minimum Gasteiger partial charge on any atom is -0.394 e. The van der Waals surface area contributed by atoms with Gasteiger partial charge in [-0.05, 0) is 25.5 Å². The third kappa shape index (κ3) is 5.47. The Morgan fingerprint density at radius 1 is 1.41 bits per heavy atom.